The number of carbonyl (C=O) groups excluding carboxylic acids is 6. The lowest BCUT2D eigenvalue weighted by Crippen LogP contribution is -2.42. The van der Waals surface area contributed by atoms with E-state index in [1.54, 1.807) is 79.7 Å². The van der Waals surface area contributed by atoms with Crippen LogP contribution in [-0.2, 0) is 35.0 Å². The third kappa shape index (κ3) is 13.6. The van der Waals surface area contributed by atoms with E-state index >= 15 is 0 Å². The number of ketones is 1. The molecule has 1 heterocycles. The van der Waals surface area contributed by atoms with Gasteiger partial charge in [-0.2, -0.15) is 4.99 Å². The summed E-state index contributed by atoms with van der Waals surface area (Å²) in [6.45, 7) is 13.1. The summed E-state index contributed by atoms with van der Waals surface area (Å²) in [6, 6.07) is 5.30. The second-order valence-corrected chi connectivity index (χ2v) is 12.8. The zero-order valence-corrected chi connectivity index (χ0v) is 28.4. The Balaban J connectivity index is 2.05. The minimum absolute atomic E-state index is 0.0487. The monoisotopic (exact) mass is 656 g/mol. The molecule has 0 bridgehead atoms. The van der Waals surface area contributed by atoms with E-state index in [-0.39, 0.29) is 60.6 Å². The van der Waals surface area contributed by atoms with Crippen LogP contribution in [0.15, 0.2) is 33.8 Å². The average molecular weight is 657 g/mol. The van der Waals surface area contributed by atoms with Gasteiger partial charge in [-0.3, -0.25) is 19.2 Å². The van der Waals surface area contributed by atoms with Crippen molar-refractivity contribution in [1.82, 2.24) is 15.8 Å². The Morgan fingerprint density at radius 3 is 2.19 bits per heavy atom. The number of ether oxygens (including phenoxy) is 3. The van der Waals surface area contributed by atoms with Crippen molar-refractivity contribution >= 4 is 41.3 Å². The molecule has 2 aromatic rings. The molecule has 1 atom stereocenters. The Morgan fingerprint density at radius 2 is 1.62 bits per heavy atom. The lowest BCUT2D eigenvalue weighted by Gasteiger charge is -2.20. The smallest absolute Gasteiger partial charge is 0.434 e. The zero-order valence-electron chi connectivity index (χ0n) is 28.4. The number of hydrogen-bond acceptors (Lipinski definition) is 11. The Morgan fingerprint density at radius 1 is 0.957 bits per heavy atom. The average Bonchev–Trinajstić information content (AvgIpc) is 3.28. The van der Waals surface area contributed by atoms with Crippen LogP contribution in [0.25, 0.3) is 0 Å². The van der Waals surface area contributed by atoms with Gasteiger partial charge in [0.05, 0.1) is 25.8 Å². The lowest BCUT2D eigenvalue weighted by atomic mass is 10.0. The predicted octanol–water partition coefficient (Wildman–Crippen LogP) is 3.99. The van der Waals surface area contributed by atoms with Gasteiger partial charge < -0.3 is 29.4 Å². The highest BCUT2D eigenvalue weighted by molar-refractivity contribution is 6.04. The van der Waals surface area contributed by atoms with E-state index in [0.29, 0.717) is 11.3 Å². The van der Waals surface area contributed by atoms with Gasteiger partial charge in [0.1, 0.15) is 28.6 Å². The standard InChI is InChI=1S/C33H44N4O10/c1-19-27(20(2)47-37-19)29(41)36-25(30(42)44-9)14-13-24(38)18-34-28(40)22-12-10-11-21(15-22)16-23(17-26(39)45-32(3,4)5)35-31(43)46-33(6,7)8/h10-12,15,25H,13-14,16-18H2,1-9H3,(H,34,40)(H,36,41)/t25-/m0/s1. The van der Waals surface area contributed by atoms with Crippen LogP contribution < -0.4 is 10.6 Å². The van der Waals surface area contributed by atoms with Gasteiger partial charge in [0.15, 0.2) is 5.78 Å². The number of rotatable bonds is 13. The molecule has 0 radical (unpaired) electrons. The Labute approximate surface area is 274 Å². The molecule has 256 valence electrons. The molecule has 47 heavy (non-hydrogen) atoms. The zero-order chi connectivity index (χ0) is 35.5. The van der Waals surface area contributed by atoms with Crippen LogP contribution in [0.4, 0.5) is 4.79 Å². The summed E-state index contributed by atoms with van der Waals surface area (Å²) < 4.78 is 20.4. The van der Waals surface area contributed by atoms with E-state index in [4.69, 9.17) is 18.7 Å². The molecule has 14 nitrogen and oxygen atoms in total. The first-order chi connectivity index (χ1) is 21.8. The lowest BCUT2D eigenvalue weighted by molar-refractivity contribution is -0.153. The van der Waals surface area contributed by atoms with Crippen molar-refractivity contribution < 1.29 is 47.5 Å². The summed E-state index contributed by atoms with van der Waals surface area (Å²) in [4.78, 5) is 79.4. The molecule has 2 N–H and O–H groups in total. The molecule has 0 saturated heterocycles. The number of aryl methyl sites for hydroxylation is 2. The van der Waals surface area contributed by atoms with E-state index in [9.17, 15) is 28.8 Å². The van der Waals surface area contributed by atoms with E-state index in [1.807, 2.05) is 0 Å². The molecule has 0 saturated carbocycles. The fourth-order valence-corrected chi connectivity index (χ4v) is 4.26. The summed E-state index contributed by atoms with van der Waals surface area (Å²) in [7, 11) is 1.16. The number of benzene rings is 1. The fraction of sp³-hybridized carbons (Fsp3) is 0.515. The number of hydrogen-bond donors (Lipinski definition) is 2. The molecule has 2 rings (SSSR count). The van der Waals surface area contributed by atoms with E-state index in [2.05, 4.69) is 20.8 Å². The number of esters is 2. The molecule has 0 aliphatic heterocycles. The first-order valence-corrected chi connectivity index (χ1v) is 15.0. The van der Waals surface area contributed by atoms with Crippen LogP contribution in [0.5, 0.6) is 0 Å². The van der Waals surface area contributed by atoms with E-state index in [0.717, 1.165) is 7.11 Å². The van der Waals surface area contributed by atoms with Crippen LogP contribution in [0, 0.1) is 13.8 Å². The summed E-state index contributed by atoms with van der Waals surface area (Å²) in [5, 5.41) is 8.82. The number of nitrogens with zero attached hydrogens (tertiary/aromatic N) is 2. The Kier molecular flexibility index (Phi) is 13.5. The normalized spacial score (nSPS) is 12.5. The maximum absolute atomic E-state index is 12.9. The summed E-state index contributed by atoms with van der Waals surface area (Å²) in [6.07, 6.45) is -1.29. The largest absolute Gasteiger partial charge is 0.467 e. The third-order valence-electron chi connectivity index (χ3n) is 6.22. The van der Waals surface area contributed by atoms with Gasteiger partial charge in [-0.25, -0.2) is 9.59 Å². The summed E-state index contributed by atoms with van der Waals surface area (Å²) in [5.41, 5.74) is -0.0179. The van der Waals surface area contributed by atoms with Crippen LogP contribution in [0.3, 0.4) is 0 Å². The van der Waals surface area contributed by atoms with Gasteiger partial charge in [-0.1, -0.05) is 17.3 Å². The van der Waals surface area contributed by atoms with Crippen LogP contribution in [0.1, 0.15) is 98.5 Å². The maximum Gasteiger partial charge on any atom is 0.434 e. The SMILES string of the molecule is COC(=O)[C@H](CCC(=O)CNC(=O)c1cccc(CC(CC(=O)OC(C)(C)C)=NC(=O)OC(C)(C)C)c1)NC(=O)c1c(C)noc1C. The number of aliphatic imine (C=N–C) groups is 1. The van der Waals surface area contributed by atoms with Gasteiger partial charge >= 0.3 is 18.0 Å². The fourth-order valence-electron chi connectivity index (χ4n) is 4.26. The van der Waals surface area contributed by atoms with Crippen molar-refractivity contribution in [2.24, 2.45) is 4.99 Å². The first kappa shape index (κ1) is 38.3. The van der Waals surface area contributed by atoms with Crippen molar-refractivity contribution in [3.63, 3.8) is 0 Å². The summed E-state index contributed by atoms with van der Waals surface area (Å²) in [5.74, 6) is -2.57. The number of amides is 3. The van der Waals surface area contributed by atoms with Crippen molar-refractivity contribution in [2.75, 3.05) is 13.7 Å². The highest BCUT2D eigenvalue weighted by Gasteiger charge is 2.27. The number of carbonyl (C=O) groups is 6. The van der Waals surface area contributed by atoms with Gasteiger partial charge in [0, 0.05) is 24.1 Å². The van der Waals surface area contributed by atoms with Gasteiger partial charge in [-0.05, 0) is 79.5 Å². The highest BCUT2D eigenvalue weighted by atomic mass is 16.6. The van der Waals surface area contributed by atoms with Crippen molar-refractivity contribution in [1.29, 1.82) is 0 Å². The number of Topliss-reactive ketones (excluding diaryl/α,β-unsaturated/α-hetero) is 1. The second kappa shape index (κ2) is 16.6. The minimum atomic E-state index is -1.12. The molecule has 1 aromatic carbocycles. The molecular formula is C33H44N4O10. The number of nitrogens with one attached hydrogen (secondary N) is 2. The molecule has 0 fully saturated rings. The molecule has 14 heteroatoms. The topological polar surface area (TPSA) is 193 Å². The third-order valence-corrected chi connectivity index (χ3v) is 6.22. The van der Waals surface area contributed by atoms with Gasteiger partial charge in [0.2, 0.25) is 0 Å². The van der Waals surface area contributed by atoms with Crippen molar-refractivity contribution in [3.8, 4) is 0 Å². The highest BCUT2D eigenvalue weighted by Crippen LogP contribution is 2.15. The molecule has 1 aromatic heterocycles. The van der Waals surface area contributed by atoms with Gasteiger partial charge in [0.25, 0.3) is 11.8 Å². The second-order valence-electron chi connectivity index (χ2n) is 12.8. The first-order valence-electron chi connectivity index (χ1n) is 15.0. The molecule has 3 amide bonds. The van der Waals surface area contributed by atoms with Crippen molar-refractivity contribution in [2.45, 2.75) is 98.3 Å². The molecule has 0 aliphatic rings. The van der Waals surface area contributed by atoms with E-state index in [1.165, 1.54) is 0 Å². The minimum Gasteiger partial charge on any atom is -0.467 e. The number of methoxy groups -OCH3 is 1. The molecule has 0 aliphatic carbocycles. The predicted molar refractivity (Wildman–Crippen MR) is 170 cm³/mol. The molecule has 0 unspecified atom stereocenters. The summed E-state index contributed by atoms with van der Waals surface area (Å²) >= 11 is 0. The van der Waals surface area contributed by atoms with E-state index < -0.39 is 47.1 Å². The molecule has 0 spiro atoms. The molecular weight excluding hydrogens is 612 g/mol. The quantitative estimate of drug-likeness (QED) is 0.180. The Hall–Kier alpha value is -4.88. The van der Waals surface area contributed by atoms with Crippen LogP contribution in [0.2, 0.25) is 0 Å². The Bertz CT molecular complexity index is 1490. The van der Waals surface area contributed by atoms with Gasteiger partial charge in [-0.15, -0.1) is 0 Å². The maximum atomic E-state index is 12.9. The van der Waals surface area contributed by atoms with Crippen LogP contribution in [-0.4, -0.2) is 77.4 Å². The van der Waals surface area contributed by atoms with Crippen LogP contribution >= 0.6 is 0 Å². The van der Waals surface area contributed by atoms with Crippen molar-refractivity contribution in [3.05, 3.63) is 52.4 Å². The number of aromatic nitrogens is 1.